The lowest BCUT2D eigenvalue weighted by atomic mass is 9.76. The second kappa shape index (κ2) is 5.48. The molecular weight excluding hydrogens is 253 g/mol. The number of carbonyl (C=O) groups excluding carboxylic acids is 1. The zero-order valence-corrected chi connectivity index (χ0v) is 12.2. The summed E-state index contributed by atoms with van der Waals surface area (Å²) in [6, 6.07) is 7.70. The quantitative estimate of drug-likeness (QED) is 0.844. The topological polar surface area (TPSA) is 47.6 Å². The standard InChI is InChI=1S/C15H20BNO3/c1-14(2,3)20-13(18)17-8-15(9-19-10-15)11-5-4-6-12(16)7-11/h4-7H,8-10H2,1-3H3,(H,17,18). The Morgan fingerprint density at radius 3 is 2.65 bits per heavy atom. The molecule has 1 saturated heterocycles. The molecule has 1 aliphatic heterocycles. The molecule has 1 fully saturated rings. The molecule has 1 amide bonds. The molecule has 0 aromatic heterocycles. The van der Waals surface area contributed by atoms with Crippen molar-refractivity contribution in [3.8, 4) is 0 Å². The first-order chi connectivity index (χ1) is 9.31. The lowest BCUT2D eigenvalue weighted by Crippen LogP contribution is -2.55. The van der Waals surface area contributed by atoms with Crippen LogP contribution in [0.4, 0.5) is 4.79 Å². The summed E-state index contributed by atoms with van der Waals surface area (Å²) in [6.07, 6.45) is -0.410. The smallest absolute Gasteiger partial charge is 0.407 e. The van der Waals surface area contributed by atoms with E-state index in [1.165, 1.54) is 0 Å². The number of carbonyl (C=O) groups is 1. The molecule has 0 saturated carbocycles. The van der Waals surface area contributed by atoms with Gasteiger partial charge >= 0.3 is 6.09 Å². The van der Waals surface area contributed by atoms with Crippen LogP contribution < -0.4 is 10.8 Å². The van der Waals surface area contributed by atoms with E-state index in [2.05, 4.69) is 5.32 Å². The fraction of sp³-hybridized carbons (Fsp3) is 0.533. The first-order valence-corrected chi connectivity index (χ1v) is 6.71. The number of amides is 1. The molecule has 5 heteroatoms. The van der Waals surface area contributed by atoms with Crippen molar-refractivity contribution >= 4 is 19.4 Å². The molecule has 2 radical (unpaired) electrons. The third kappa shape index (κ3) is 3.54. The van der Waals surface area contributed by atoms with Crippen LogP contribution in [0.15, 0.2) is 24.3 Å². The monoisotopic (exact) mass is 273 g/mol. The predicted molar refractivity (Wildman–Crippen MR) is 78.6 cm³/mol. The number of hydrogen-bond donors (Lipinski definition) is 1. The van der Waals surface area contributed by atoms with E-state index in [1.54, 1.807) is 0 Å². The largest absolute Gasteiger partial charge is 0.444 e. The minimum absolute atomic E-state index is 0.202. The number of alkyl carbamates (subject to hydrolysis) is 1. The lowest BCUT2D eigenvalue weighted by molar-refractivity contribution is -0.0594. The molecule has 106 valence electrons. The highest BCUT2D eigenvalue weighted by molar-refractivity contribution is 6.32. The molecule has 0 bridgehead atoms. The minimum atomic E-state index is -0.496. The molecule has 1 N–H and O–H groups in total. The van der Waals surface area contributed by atoms with Gasteiger partial charge in [-0.2, -0.15) is 0 Å². The van der Waals surface area contributed by atoms with Crippen LogP contribution in [0.3, 0.4) is 0 Å². The van der Waals surface area contributed by atoms with E-state index in [9.17, 15) is 4.79 Å². The van der Waals surface area contributed by atoms with E-state index in [0.717, 1.165) is 5.56 Å². The predicted octanol–water partition coefficient (Wildman–Crippen LogP) is 1.27. The van der Waals surface area contributed by atoms with Crippen molar-refractivity contribution in [1.29, 1.82) is 0 Å². The Morgan fingerprint density at radius 2 is 2.15 bits per heavy atom. The van der Waals surface area contributed by atoms with E-state index in [1.807, 2.05) is 45.0 Å². The fourth-order valence-corrected chi connectivity index (χ4v) is 2.14. The first kappa shape index (κ1) is 14.9. The Morgan fingerprint density at radius 1 is 1.45 bits per heavy atom. The summed E-state index contributed by atoms with van der Waals surface area (Å²) in [5.74, 6) is 0. The average molecular weight is 273 g/mol. The van der Waals surface area contributed by atoms with Crippen LogP contribution in [0.25, 0.3) is 0 Å². The molecule has 20 heavy (non-hydrogen) atoms. The van der Waals surface area contributed by atoms with Crippen molar-refractivity contribution in [3.63, 3.8) is 0 Å². The summed E-state index contributed by atoms with van der Waals surface area (Å²) in [4.78, 5) is 11.7. The van der Waals surface area contributed by atoms with Gasteiger partial charge in [-0.05, 0) is 26.3 Å². The van der Waals surface area contributed by atoms with Gasteiger partial charge in [-0.15, -0.1) is 0 Å². The van der Waals surface area contributed by atoms with Crippen molar-refractivity contribution < 1.29 is 14.3 Å². The first-order valence-electron chi connectivity index (χ1n) is 6.71. The van der Waals surface area contributed by atoms with Gasteiger partial charge in [0.05, 0.1) is 18.6 Å². The molecule has 1 aromatic rings. The normalized spacial score (nSPS) is 17.1. The highest BCUT2D eigenvalue weighted by Gasteiger charge is 2.40. The Balaban J connectivity index is 2.01. The summed E-state index contributed by atoms with van der Waals surface area (Å²) < 4.78 is 10.6. The van der Waals surface area contributed by atoms with Crippen molar-refractivity contribution in [1.82, 2.24) is 5.32 Å². The van der Waals surface area contributed by atoms with Gasteiger partial charge in [-0.3, -0.25) is 0 Å². The molecular formula is C15H20BNO3. The summed E-state index contributed by atoms with van der Waals surface area (Å²) in [7, 11) is 5.82. The van der Waals surface area contributed by atoms with Gasteiger partial charge in [0.2, 0.25) is 0 Å². The van der Waals surface area contributed by atoms with E-state index < -0.39 is 11.7 Å². The van der Waals surface area contributed by atoms with Crippen LogP contribution >= 0.6 is 0 Å². The van der Waals surface area contributed by atoms with Gasteiger partial charge in [0.1, 0.15) is 13.4 Å². The maximum absolute atomic E-state index is 11.7. The number of hydrogen-bond acceptors (Lipinski definition) is 3. The second-order valence-corrected chi connectivity index (χ2v) is 6.25. The van der Waals surface area contributed by atoms with Gasteiger partial charge in [0.25, 0.3) is 0 Å². The van der Waals surface area contributed by atoms with Crippen molar-refractivity contribution in [2.45, 2.75) is 31.8 Å². The van der Waals surface area contributed by atoms with Crippen LogP contribution in [0, 0.1) is 0 Å². The Hall–Kier alpha value is -1.49. The third-order valence-electron chi connectivity index (χ3n) is 3.23. The Labute approximate surface area is 121 Å². The zero-order valence-electron chi connectivity index (χ0n) is 12.2. The minimum Gasteiger partial charge on any atom is -0.444 e. The van der Waals surface area contributed by atoms with Gasteiger partial charge in [0, 0.05) is 6.54 Å². The highest BCUT2D eigenvalue weighted by Crippen LogP contribution is 2.31. The maximum atomic E-state index is 11.7. The van der Waals surface area contributed by atoms with Crippen LogP contribution in [-0.2, 0) is 14.9 Å². The number of rotatable bonds is 3. The van der Waals surface area contributed by atoms with Gasteiger partial charge in [0.15, 0.2) is 0 Å². The van der Waals surface area contributed by atoms with Crippen molar-refractivity contribution in [2.75, 3.05) is 19.8 Å². The van der Waals surface area contributed by atoms with Gasteiger partial charge in [-0.1, -0.05) is 29.7 Å². The summed E-state index contributed by atoms with van der Waals surface area (Å²) in [5, 5.41) is 2.82. The van der Waals surface area contributed by atoms with Crippen molar-refractivity contribution in [3.05, 3.63) is 29.8 Å². The highest BCUT2D eigenvalue weighted by atomic mass is 16.6. The lowest BCUT2D eigenvalue weighted by Gasteiger charge is -2.42. The van der Waals surface area contributed by atoms with E-state index in [-0.39, 0.29) is 5.41 Å². The van der Waals surface area contributed by atoms with Gasteiger partial charge in [-0.25, -0.2) is 4.79 Å². The van der Waals surface area contributed by atoms with Crippen LogP contribution in [0.5, 0.6) is 0 Å². The second-order valence-electron chi connectivity index (χ2n) is 6.25. The van der Waals surface area contributed by atoms with E-state index in [4.69, 9.17) is 17.3 Å². The summed E-state index contributed by atoms with van der Waals surface area (Å²) in [5.41, 5.74) is 1.10. The molecule has 4 nitrogen and oxygen atoms in total. The summed E-state index contributed by atoms with van der Waals surface area (Å²) >= 11 is 0. The van der Waals surface area contributed by atoms with Crippen molar-refractivity contribution in [2.24, 2.45) is 0 Å². The molecule has 0 atom stereocenters. The fourth-order valence-electron chi connectivity index (χ4n) is 2.14. The van der Waals surface area contributed by atoms with E-state index in [0.29, 0.717) is 25.2 Å². The molecule has 0 unspecified atom stereocenters. The van der Waals surface area contributed by atoms with Crippen LogP contribution in [-0.4, -0.2) is 39.3 Å². The zero-order chi connectivity index (χ0) is 14.8. The third-order valence-corrected chi connectivity index (χ3v) is 3.23. The molecule has 1 aromatic carbocycles. The molecule has 0 spiro atoms. The number of nitrogens with one attached hydrogen (secondary N) is 1. The van der Waals surface area contributed by atoms with Crippen LogP contribution in [0.1, 0.15) is 26.3 Å². The molecule has 0 aliphatic carbocycles. The van der Waals surface area contributed by atoms with E-state index >= 15 is 0 Å². The molecule has 1 heterocycles. The molecule has 1 aliphatic rings. The summed E-state index contributed by atoms with van der Waals surface area (Å²) in [6.45, 7) is 7.15. The average Bonchev–Trinajstić information content (AvgIpc) is 2.25. The van der Waals surface area contributed by atoms with Gasteiger partial charge < -0.3 is 14.8 Å². The SMILES string of the molecule is [B]c1cccc(C2(CNC(=O)OC(C)(C)C)COC2)c1. The Bertz CT molecular complexity index is 492. The maximum Gasteiger partial charge on any atom is 0.407 e. The number of ether oxygens (including phenoxy) is 2. The Kier molecular flexibility index (Phi) is 4.09. The van der Waals surface area contributed by atoms with Crippen LogP contribution in [0.2, 0.25) is 0 Å². The number of benzene rings is 1. The molecule has 2 rings (SSSR count).